The Bertz CT molecular complexity index is 706. The summed E-state index contributed by atoms with van der Waals surface area (Å²) in [7, 11) is 0. The van der Waals surface area contributed by atoms with Crippen LogP contribution in [0.25, 0.3) is 17.1 Å². The summed E-state index contributed by atoms with van der Waals surface area (Å²) in [6, 6.07) is 15.3. The molecule has 0 fully saturated rings. The molecule has 4 nitrogen and oxygen atoms in total. The molecule has 2 aromatic carbocycles. The molecule has 0 aliphatic carbocycles. The summed E-state index contributed by atoms with van der Waals surface area (Å²) in [4.78, 5) is 0. The molecule has 0 spiro atoms. The van der Waals surface area contributed by atoms with E-state index in [-0.39, 0.29) is 0 Å². The maximum Gasteiger partial charge on any atom is 0.168 e. The molecule has 3 rings (SSSR count). The Labute approximate surface area is 115 Å². The zero-order chi connectivity index (χ0) is 13.2. The zero-order valence-corrected chi connectivity index (χ0v) is 10.7. The van der Waals surface area contributed by atoms with Gasteiger partial charge in [-0.1, -0.05) is 29.8 Å². The number of benzene rings is 2. The van der Waals surface area contributed by atoms with E-state index in [4.69, 9.17) is 17.3 Å². The normalized spacial score (nSPS) is 10.6. The number of anilines is 1. The number of rotatable bonds is 2. The molecule has 0 radical (unpaired) electrons. The Morgan fingerprint density at radius 3 is 2.58 bits per heavy atom. The van der Waals surface area contributed by atoms with E-state index >= 15 is 0 Å². The van der Waals surface area contributed by atoms with E-state index in [1.165, 1.54) is 0 Å². The van der Waals surface area contributed by atoms with Crippen molar-refractivity contribution in [2.75, 3.05) is 5.73 Å². The second-order valence-electron chi connectivity index (χ2n) is 4.10. The van der Waals surface area contributed by atoms with E-state index in [2.05, 4.69) is 10.2 Å². The number of nitrogens with two attached hydrogens (primary N) is 1. The highest BCUT2D eigenvalue weighted by Gasteiger charge is 2.10. The monoisotopic (exact) mass is 270 g/mol. The van der Waals surface area contributed by atoms with Crippen LogP contribution in [0.2, 0.25) is 5.02 Å². The van der Waals surface area contributed by atoms with Gasteiger partial charge in [0, 0.05) is 11.3 Å². The molecule has 1 heterocycles. The molecule has 0 aliphatic rings. The maximum absolute atomic E-state index is 6.05. The van der Waals surface area contributed by atoms with Crippen LogP contribution in [-0.2, 0) is 0 Å². The van der Waals surface area contributed by atoms with Gasteiger partial charge in [-0.25, -0.2) is 0 Å². The van der Waals surface area contributed by atoms with Crippen LogP contribution >= 0.6 is 11.6 Å². The number of aromatic nitrogens is 3. The SMILES string of the molecule is Nc1ccc(-c2nncn2-c2ccccc2)cc1Cl. The summed E-state index contributed by atoms with van der Waals surface area (Å²) in [5, 5.41) is 8.63. The van der Waals surface area contributed by atoms with Gasteiger partial charge in [-0.05, 0) is 30.3 Å². The number of para-hydroxylation sites is 1. The minimum atomic E-state index is 0.514. The molecular formula is C14H11ClN4. The summed E-state index contributed by atoms with van der Waals surface area (Å²) in [5.74, 6) is 0.730. The molecule has 1 aromatic heterocycles. The van der Waals surface area contributed by atoms with E-state index in [1.807, 2.05) is 41.0 Å². The van der Waals surface area contributed by atoms with Crippen molar-refractivity contribution in [2.24, 2.45) is 0 Å². The van der Waals surface area contributed by atoms with Crippen molar-refractivity contribution in [2.45, 2.75) is 0 Å². The fourth-order valence-corrected chi connectivity index (χ4v) is 2.06. The molecule has 5 heteroatoms. The molecule has 94 valence electrons. The van der Waals surface area contributed by atoms with Gasteiger partial charge < -0.3 is 5.73 Å². The van der Waals surface area contributed by atoms with Crippen molar-refractivity contribution >= 4 is 17.3 Å². The predicted molar refractivity (Wildman–Crippen MR) is 76.2 cm³/mol. The lowest BCUT2D eigenvalue weighted by molar-refractivity contribution is 1.06. The molecule has 3 aromatic rings. The van der Waals surface area contributed by atoms with Gasteiger partial charge in [0.2, 0.25) is 0 Å². The number of halogens is 1. The van der Waals surface area contributed by atoms with Crippen LogP contribution in [0.5, 0.6) is 0 Å². The van der Waals surface area contributed by atoms with Crippen LogP contribution in [0.3, 0.4) is 0 Å². The lowest BCUT2D eigenvalue weighted by Crippen LogP contribution is -1.96. The number of hydrogen-bond donors (Lipinski definition) is 1. The second-order valence-corrected chi connectivity index (χ2v) is 4.50. The van der Waals surface area contributed by atoms with E-state index < -0.39 is 0 Å². The van der Waals surface area contributed by atoms with Crippen molar-refractivity contribution in [3.63, 3.8) is 0 Å². The number of nitrogens with zero attached hydrogens (tertiary/aromatic N) is 3. The van der Waals surface area contributed by atoms with E-state index in [9.17, 15) is 0 Å². The van der Waals surface area contributed by atoms with Crippen LogP contribution in [0.4, 0.5) is 5.69 Å². The van der Waals surface area contributed by atoms with Gasteiger partial charge in [0.25, 0.3) is 0 Å². The quantitative estimate of drug-likeness (QED) is 0.728. The minimum Gasteiger partial charge on any atom is -0.398 e. The van der Waals surface area contributed by atoms with Gasteiger partial charge in [-0.15, -0.1) is 10.2 Å². The fourth-order valence-electron chi connectivity index (χ4n) is 1.88. The Morgan fingerprint density at radius 1 is 1.05 bits per heavy atom. The van der Waals surface area contributed by atoms with Crippen LogP contribution < -0.4 is 5.73 Å². The van der Waals surface area contributed by atoms with Crippen molar-refractivity contribution in [1.82, 2.24) is 14.8 Å². The van der Waals surface area contributed by atoms with E-state index in [0.717, 1.165) is 17.1 Å². The molecule has 0 bridgehead atoms. The summed E-state index contributed by atoms with van der Waals surface area (Å²) >= 11 is 6.05. The average molecular weight is 271 g/mol. The topological polar surface area (TPSA) is 56.7 Å². The first kappa shape index (κ1) is 11.7. The molecule has 0 atom stereocenters. The lowest BCUT2D eigenvalue weighted by Gasteiger charge is -2.07. The first-order chi connectivity index (χ1) is 9.25. The number of hydrogen-bond acceptors (Lipinski definition) is 3. The molecule has 0 amide bonds. The molecule has 0 saturated carbocycles. The Morgan fingerprint density at radius 2 is 1.84 bits per heavy atom. The first-order valence-electron chi connectivity index (χ1n) is 5.76. The van der Waals surface area contributed by atoms with Crippen LogP contribution in [-0.4, -0.2) is 14.8 Å². The summed E-state index contributed by atoms with van der Waals surface area (Å²) < 4.78 is 1.90. The Balaban J connectivity index is 2.12. The van der Waals surface area contributed by atoms with Crippen LogP contribution in [0, 0.1) is 0 Å². The van der Waals surface area contributed by atoms with Gasteiger partial charge in [-0.3, -0.25) is 4.57 Å². The van der Waals surface area contributed by atoms with Crippen molar-refractivity contribution in [3.8, 4) is 17.1 Å². The Hall–Kier alpha value is -2.33. The van der Waals surface area contributed by atoms with Crippen molar-refractivity contribution in [3.05, 3.63) is 59.9 Å². The third-order valence-corrected chi connectivity index (χ3v) is 3.17. The lowest BCUT2D eigenvalue weighted by atomic mass is 10.2. The maximum atomic E-state index is 6.05. The summed E-state index contributed by atoms with van der Waals surface area (Å²) in [5.41, 5.74) is 8.14. The zero-order valence-electron chi connectivity index (χ0n) is 9.99. The second kappa shape index (κ2) is 4.74. The third-order valence-electron chi connectivity index (χ3n) is 2.84. The molecule has 0 unspecified atom stereocenters. The molecule has 19 heavy (non-hydrogen) atoms. The Kier molecular flexibility index (Phi) is 2.93. The molecular weight excluding hydrogens is 260 g/mol. The highest BCUT2D eigenvalue weighted by Crippen LogP contribution is 2.26. The molecule has 0 aliphatic heterocycles. The average Bonchev–Trinajstić information content (AvgIpc) is 2.92. The smallest absolute Gasteiger partial charge is 0.168 e. The van der Waals surface area contributed by atoms with Gasteiger partial charge in [0.1, 0.15) is 6.33 Å². The summed E-state index contributed by atoms with van der Waals surface area (Å²) in [6.07, 6.45) is 1.68. The van der Waals surface area contributed by atoms with Gasteiger partial charge in [0.15, 0.2) is 5.82 Å². The highest BCUT2D eigenvalue weighted by molar-refractivity contribution is 6.33. The molecule has 2 N–H and O–H groups in total. The fraction of sp³-hybridized carbons (Fsp3) is 0. The predicted octanol–water partition coefficient (Wildman–Crippen LogP) is 3.17. The van der Waals surface area contributed by atoms with Gasteiger partial charge in [-0.2, -0.15) is 0 Å². The third kappa shape index (κ3) is 2.18. The molecule has 0 saturated heterocycles. The standard InChI is InChI=1S/C14H11ClN4/c15-12-8-10(6-7-13(12)16)14-18-17-9-19(14)11-4-2-1-3-5-11/h1-9H,16H2. The van der Waals surface area contributed by atoms with Crippen LogP contribution in [0.15, 0.2) is 54.9 Å². The van der Waals surface area contributed by atoms with E-state index in [0.29, 0.717) is 10.7 Å². The minimum absolute atomic E-state index is 0.514. The van der Waals surface area contributed by atoms with Gasteiger partial charge in [0.05, 0.1) is 10.7 Å². The van der Waals surface area contributed by atoms with Crippen molar-refractivity contribution < 1.29 is 0 Å². The number of nitrogen functional groups attached to an aromatic ring is 1. The highest BCUT2D eigenvalue weighted by atomic mass is 35.5. The largest absolute Gasteiger partial charge is 0.398 e. The van der Waals surface area contributed by atoms with Crippen LogP contribution in [0.1, 0.15) is 0 Å². The van der Waals surface area contributed by atoms with Gasteiger partial charge >= 0.3 is 0 Å². The summed E-state index contributed by atoms with van der Waals surface area (Å²) in [6.45, 7) is 0. The van der Waals surface area contributed by atoms with E-state index in [1.54, 1.807) is 18.5 Å². The van der Waals surface area contributed by atoms with Crippen molar-refractivity contribution in [1.29, 1.82) is 0 Å². The first-order valence-corrected chi connectivity index (χ1v) is 6.14.